The second-order valence-corrected chi connectivity index (χ2v) is 5.01. The summed E-state index contributed by atoms with van der Waals surface area (Å²) in [6, 6.07) is 11.8. The van der Waals surface area contributed by atoms with E-state index in [1.54, 1.807) is 17.6 Å². The summed E-state index contributed by atoms with van der Waals surface area (Å²) >= 11 is 6.78. The van der Waals surface area contributed by atoms with Crippen LogP contribution in [0.25, 0.3) is 0 Å². The average Bonchev–Trinajstić information content (AvgIpc) is 2.76. The predicted molar refractivity (Wildman–Crippen MR) is 82.4 cm³/mol. The van der Waals surface area contributed by atoms with E-state index >= 15 is 0 Å². The molecular formula is C13H13N3S2. The monoisotopic (exact) mass is 275 g/mol. The molecule has 1 heterocycles. The van der Waals surface area contributed by atoms with Crippen LogP contribution < -0.4 is 10.7 Å². The fourth-order valence-electron chi connectivity index (χ4n) is 1.35. The van der Waals surface area contributed by atoms with E-state index in [1.165, 1.54) is 5.56 Å². The van der Waals surface area contributed by atoms with E-state index in [4.69, 9.17) is 12.2 Å². The molecule has 0 unspecified atom stereocenters. The molecule has 0 saturated heterocycles. The van der Waals surface area contributed by atoms with Crippen LogP contribution in [0.3, 0.4) is 0 Å². The van der Waals surface area contributed by atoms with E-state index in [0.717, 1.165) is 10.6 Å². The van der Waals surface area contributed by atoms with Crippen molar-refractivity contribution in [3.05, 3.63) is 52.2 Å². The zero-order chi connectivity index (χ0) is 12.8. The van der Waals surface area contributed by atoms with Gasteiger partial charge in [0.25, 0.3) is 0 Å². The topological polar surface area (TPSA) is 36.4 Å². The van der Waals surface area contributed by atoms with Gasteiger partial charge in [0.1, 0.15) is 0 Å². The van der Waals surface area contributed by atoms with Gasteiger partial charge in [0.2, 0.25) is 0 Å². The fourth-order valence-corrected chi connectivity index (χ4v) is 2.30. The minimum atomic E-state index is 0.478. The number of thiophene rings is 1. The quantitative estimate of drug-likeness (QED) is 0.512. The number of rotatable bonds is 3. The Kier molecular flexibility index (Phi) is 4.44. The van der Waals surface area contributed by atoms with Crippen LogP contribution in [0, 0.1) is 6.92 Å². The Labute approximate surface area is 116 Å². The Morgan fingerprint density at radius 3 is 2.72 bits per heavy atom. The molecule has 5 heteroatoms. The van der Waals surface area contributed by atoms with Crippen LogP contribution in [0.15, 0.2) is 46.9 Å². The van der Waals surface area contributed by atoms with Gasteiger partial charge in [-0.1, -0.05) is 18.2 Å². The van der Waals surface area contributed by atoms with Gasteiger partial charge < -0.3 is 5.32 Å². The van der Waals surface area contributed by atoms with E-state index in [-0.39, 0.29) is 0 Å². The Morgan fingerprint density at radius 2 is 2.06 bits per heavy atom. The Hall–Kier alpha value is -1.72. The molecule has 92 valence electrons. The lowest BCUT2D eigenvalue weighted by atomic mass is 10.3. The molecule has 0 aliphatic rings. The first-order valence-corrected chi connectivity index (χ1v) is 6.74. The molecule has 1 aromatic heterocycles. The number of hydrogen-bond acceptors (Lipinski definition) is 3. The highest BCUT2D eigenvalue weighted by molar-refractivity contribution is 7.80. The van der Waals surface area contributed by atoms with Crippen molar-refractivity contribution < 1.29 is 0 Å². The lowest BCUT2D eigenvalue weighted by Crippen LogP contribution is -2.23. The minimum absolute atomic E-state index is 0.478. The summed E-state index contributed by atoms with van der Waals surface area (Å²) in [6.45, 7) is 2.05. The number of hydrogen-bond donors (Lipinski definition) is 2. The number of para-hydroxylation sites is 1. The van der Waals surface area contributed by atoms with Crippen molar-refractivity contribution in [3.63, 3.8) is 0 Å². The highest BCUT2D eigenvalue weighted by atomic mass is 32.1. The van der Waals surface area contributed by atoms with Crippen molar-refractivity contribution in [1.29, 1.82) is 0 Å². The summed E-state index contributed by atoms with van der Waals surface area (Å²) in [4.78, 5) is 1.13. The molecule has 0 bridgehead atoms. The number of thiocarbonyl (C=S) groups is 1. The molecule has 0 fully saturated rings. The second-order valence-electron chi connectivity index (χ2n) is 3.66. The van der Waals surface area contributed by atoms with Crippen molar-refractivity contribution in [3.8, 4) is 0 Å². The summed E-state index contributed by atoms with van der Waals surface area (Å²) in [5, 5.41) is 9.67. The van der Waals surface area contributed by atoms with E-state index in [9.17, 15) is 0 Å². The Bertz CT molecular complexity index is 546. The third kappa shape index (κ3) is 3.65. The molecular weight excluding hydrogens is 262 g/mol. The standard InChI is InChI=1S/C13H13N3S2/c1-10-7-8-18-12(10)9-14-16-13(17)15-11-5-3-2-4-6-11/h2-9H,1H3,(H2,15,16,17). The van der Waals surface area contributed by atoms with Gasteiger partial charge in [-0.05, 0) is 48.3 Å². The predicted octanol–water partition coefficient (Wildman–Crippen LogP) is 3.38. The van der Waals surface area contributed by atoms with Gasteiger partial charge in [-0.3, -0.25) is 5.43 Å². The van der Waals surface area contributed by atoms with E-state index in [2.05, 4.69) is 28.8 Å². The van der Waals surface area contributed by atoms with E-state index < -0.39 is 0 Å². The Balaban J connectivity index is 1.86. The molecule has 0 saturated carbocycles. The first-order chi connectivity index (χ1) is 8.75. The third-order valence-corrected chi connectivity index (χ3v) is 3.43. The molecule has 0 amide bonds. The highest BCUT2D eigenvalue weighted by Crippen LogP contribution is 2.12. The van der Waals surface area contributed by atoms with Gasteiger partial charge in [-0.25, -0.2) is 0 Å². The highest BCUT2D eigenvalue weighted by Gasteiger charge is 1.96. The average molecular weight is 275 g/mol. The number of benzene rings is 1. The van der Waals surface area contributed by atoms with Gasteiger partial charge in [-0.15, -0.1) is 11.3 Å². The molecule has 2 N–H and O–H groups in total. The number of hydrazone groups is 1. The minimum Gasteiger partial charge on any atom is -0.331 e. The molecule has 2 rings (SSSR count). The first-order valence-electron chi connectivity index (χ1n) is 5.45. The zero-order valence-electron chi connectivity index (χ0n) is 9.88. The van der Waals surface area contributed by atoms with Crippen LogP contribution in [0.4, 0.5) is 5.69 Å². The van der Waals surface area contributed by atoms with Crippen LogP contribution in [0.1, 0.15) is 10.4 Å². The number of anilines is 1. The van der Waals surface area contributed by atoms with Gasteiger partial charge in [0.15, 0.2) is 5.11 Å². The molecule has 3 nitrogen and oxygen atoms in total. The van der Waals surface area contributed by atoms with Crippen LogP contribution in [-0.2, 0) is 0 Å². The largest absolute Gasteiger partial charge is 0.331 e. The maximum Gasteiger partial charge on any atom is 0.191 e. The van der Waals surface area contributed by atoms with Crippen LogP contribution in [-0.4, -0.2) is 11.3 Å². The Morgan fingerprint density at radius 1 is 1.28 bits per heavy atom. The fraction of sp³-hybridized carbons (Fsp3) is 0.0769. The van der Waals surface area contributed by atoms with Crippen molar-refractivity contribution in [2.75, 3.05) is 5.32 Å². The van der Waals surface area contributed by atoms with Crippen molar-refractivity contribution in [1.82, 2.24) is 5.43 Å². The van der Waals surface area contributed by atoms with Crippen molar-refractivity contribution >= 4 is 40.6 Å². The maximum atomic E-state index is 5.13. The normalized spacial score (nSPS) is 10.5. The summed E-state index contributed by atoms with van der Waals surface area (Å²) in [5.74, 6) is 0. The molecule has 1 aromatic carbocycles. The summed E-state index contributed by atoms with van der Waals surface area (Å²) in [7, 11) is 0. The SMILES string of the molecule is Cc1ccsc1C=NNC(=S)Nc1ccccc1. The number of nitrogens with one attached hydrogen (secondary N) is 2. The van der Waals surface area contributed by atoms with Gasteiger partial charge in [0, 0.05) is 10.6 Å². The van der Waals surface area contributed by atoms with Crippen LogP contribution in [0.5, 0.6) is 0 Å². The molecule has 0 spiro atoms. The van der Waals surface area contributed by atoms with E-state index in [1.807, 2.05) is 35.7 Å². The smallest absolute Gasteiger partial charge is 0.191 e. The van der Waals surface area contributed by atoms with Crippen molar-refractivity contribution in [2.45, 2.75) is 6.92 Å². The summed E-state index contributed by atoms with van der Waals surface area (Å²) in [6.07, 6.45) is 1.78. The zero-order valence-corrected chi connectivity index (χ0v) is 11.5. The van der Waals surface area contributed by atoms with Crippen LogP contribution >= 0.6 is 23.6 Å². The van der Waals surface area contributed by atoms with Crippen molar-refractivity contribution in [2.24, 2.45) is 5.10 Å². The second kappa shape index (κ2) is 6.28. The molecule has 18 heavy (non-hydrogen) atoms. The summed E-state index contributed by atoms with van der Waals surface area (Å²) in [5.41, 5.74) is 4.95. The third-order valence-electron chi connectivity index (χ3n) is 2.28. The van der Waals surface area contributed by atoms with Gasteiger partial charge in [0.05, 0.1) is 6.21 Å². The van der Waals surface area contributed by atoms with Gasteiger partial charge in [-0.2, -0.15) is 5.10 Å². The van der Waals surface area contributed by atoms with Crippen LogP contribution in [0.2, 0.25) is 0 Å². The molecule has 2 aromatic rings. The lowest BCUT2D eigenvalue weighted by molar-refractivity contribution is 1.05. The molecule has 0 aliphatic carbocycles. The van der Waals surface area contributed by atoms with E-state index in [0.29, 0.717) is 5.11 Å². The molecule has 0 atom stereocenters. The first kappa shape index (κ1) is 12.7. The van der Waals surface area contributed by atoms with Gasteiger partial charge >= 0.3 is 0 Å². The number of aryl methyl sites for hydroxylation is 1. The number of nitrogens with zero attached hydrogens (tertiary/aromatic N) is 1. The maximum absolute atomic E-state index is 5.13. The lowest BCUT2D eigenvalue weighted by Gasteiger charge is -2.05. The summed E-state index contributed by atoms with van der Waals surface area (Å²) < 4.78 is 0. The molecule has 0 radical (unpaired) electrons. The molecule has 0 aliphatic heterocycles.